The normalized spacial score (nSPS) is 11.0. The van der Waals surface area contributed by atoms with E-state index in [4.69, 9.17) is 16.3 Å². The molecule has 0 aliphatic heterocycles. The molecular weight excluding hydrogens is 296 g/mol. The van der Waals surface area contributed by atoms with E-state index < -0.39 is 5.82 Å². The summed E-state index contributed by atoms with van der Waals surface area (Å²) in [5.41, 5.74) is 0.684. The molecule has 0 fully saturated rings. The fourth-order valence-corrected chi connectivity index (χ4v) is 1.94. The van der Waals surface area contributed by atoms with Crippen LogP contribution in [0.4, 0.5) is 8.78 Å². The minimum absolute atomic E-state index is 0.0172. The molecule has 2 aromatic carbocycles. The Hall–Kier alpha value is -1.65. The highest BCUT2D eigenvalue weighted by Crippen LogP contribution is 2.29. The van der Waals surface area contributed by atoms with Crippen molar-refractivity contribution < 1.29 is 13.5 Å². The largest absolute Gasteiger partial charge is 0.457 e. The Morgan fingerprint density at radius 2 is 1.90 bits per heavy atom. The molecule has 0 heterocycles. The third kappa shape index (κ3) is 4.41. The van der Waals surface area contributed by atoms with Gasteiger partial charge in [0, 0.05) is 24.2 Å². The van der Waals surface area contributed by atoms with Gasteiger partial charge in [0.05, 0.1) is 5.02 Å². The van der Waals surface area contributed by atoms with Crippen molar-refractivity contribution in [1.82, 2.24) is 5.32 Å². The van der Waals surface area contributed by atoms with Gasteiger partial charge in [-0.3, -0.25) is 0 Å². The van der Waals surface area contributed by atoms with E-state index in [1.54, 1.807) is 6.07 Å². The van der Waals surface area contributed by atoms with Gasteiger partial charge in [0.1, 0.15) is 23.1 Å². The summed E-state index contributed by atoms with van der Waals surface area (Å²) in [6, 6.07) is 8.64. The molecule has 0 saturated carbocycles. The Kier molecular flexibility index (Phi) is 5.15. The van der Waals surface area contributed by atoms with Gasteiger partial charge < -0.3 is 10.1 Å². The quantitative estimate of drug-likeness (QED) is 0.847. The highest BCUT2D eigenvalue weighted by Gasteiger charge is 2.09. The fraction of sp³-hybridized carbons (Fsp3) is 0.250. The van der Waals surface area contributed by atoms with Crippen LogP contribution in [0.5, 0.6) is 11.5 Å². The maximum absolute atomic E-state index is 13.4. The maximum Gasteiger partial charge on any atom is 0.142 e. The van der Waals surface area contributed by atoms with Crippen LogP contribution in [-0.4, -0.2) is 6.04 Å². The predicted molar refractivity (Wildman–Crippen MR) is 79.9 cm³/mol. The van der Waals surface area contributed by atoms with Crippen LogP contribution in [-0.2, 0) is 6.54 Å². The van der Waals surface area contributed by atoms with Gasteiger partial charge in [-0.2, -0.15) is 0 Å². The lowest BCUT2D eigenvalue weighted by Crippen LogP contribution is -2.22. The summed E-state index contributed by atoms with van der Waals surface area (Å²) in [5, 5.41) is 3.19. The third-order valence-corrected chi connectivity index (χ3v) is 3.13. The van der Waals surface area contributed by atoms with E-state index in [1.165, 1.54) is 30.3 Å². The number of halogens is 3. The van der Waals surface area contributed by atoms with Crippen LogP contribution in [0.1, 0.15) is 19.4 Å². The highest BCUT2D eigenvalue weighted by molar-refractivity contribution is 6.30. The molecule has 21 heavy (non-hydrogen) atoms. The van der Waals surface area contributed by atoms with E-state index in [0.717, 1.165) is 0 Å². The second-order valence-electron chi connectivity index (χ2n) is 4.97. The first-order valence-electron chi connectivity index (χ1n) is 6.60. The van der Waals surface area contributed by atoms with Gasteiger partial charge in [-0.05, 0) is 30.3 Å². The Bertz CT molecular complexity index is 632. The smallest absolute Gasteiger partial charge is 0.142 e. The number of hydrogen-bond donors (Lipinski definition) is 1. The first-order valence-corrected chi connectivity index (χ1v) is 6.98. The monoisotopic (exact) mass is 311 g/mol. The fourth-order valence-electron chi connectivity index (χ4n) is 1.77. The van der Waals surface area contributed by atoms with E-state index in [2.05, 4.69) is 5.32 Å². The summed E-state index contributed by atoms with van der Waals surface area (Å²) in [6.07, 6.45) is 0. The molecule has 0 saturated heterocycles. The molecule has 0 unspecified atom stereocenters. The minimum atomic E-state index is -0.509. The molecule has 2 aromatic rings. The van der Waals surface area contributed by atoms with E-state index in [-0.39, 0.29) is 16.9 Å². The molecular formula is C16H16ClF2NO. The van der Waals surface area contributed by atoms with Crippen molar-refractivity contribution in [3.8, 4) is 11.5 Å². The summed E-state index contributed by atoms with van der Waals surface area (Å²) < 4.78 is 32.2. The molecule has 1 N–H and O–H groups in total. The molecule has 112 valence electrons. The first-order chi connectivity index (χ1) is 9.95. The van der Waals surface area contributed by atoms with Gasteiger partial charge in [-0.15, -0.1) is 0 Å². The van der Waals surface area contributed by atoms with Crippen molar-refractivity contribution in [2.24, 2.45) is 0 Å². The second-order valence-corrected chi connectivity index (χ2v) is 5.37. The summed E-state index contributed by atoms with van der Waals surface area (Å²) in [6.45, 7) is 4.47. The number of ether oxygens (including phenoxy) is 1. The van der Waals surface area contributed by atoms with Gasteiger partial charge in [-0.25, -0.2) is 8.78 Å². The number of nitrogens with one attached hydrogen (secondary N) is 1. The lowest BCUT2D eigenvalue weighted by molar-refractivity contribution is 0.465. The van der Waals surface area contributed by atoms with Crippen LogP contribution in [0.3, 0.4) is 0 Å². The second kappa shape index (κ2) is 6.87. The molecule has 0 aliphatic rings. The summed E-state index contributed by atoms with van der Waals surface area (Å²) in [5.74, 6) is 0.0656. The Morgan fingerprint density at radius 1 is 1.14 bits per heavy atom. The average Bonchev–Trinajstić information content (AvgIpc) is 2.43. The molecule has 0 aromatic heterocycles. The zero-order valence-corrected chi connectivity index (χ0v) is 12.5. The number of rotatable bonds is 5. The number of benzene rings is 2. The van der Waals surface area contributed by atoms with Crippen molar-refractivity contribution in [2.75, 3.05) is 0 Å². The summed E-state index contributed by atoms with van der Waals surface area (Å²) in [4.78, 5) is 0. The Balaban J connectivity index is 2.23. The van der Waals surface area contributed by atoms with Crippen LogP contribution in [0.2, 0.25) is 5.02 Å². The van der Waals surface area contributed by atoms with E-state index in [0.29, 0.717) is 23.6 Å². The highest BCUT2D eigenvalue weighted by atomic mass is 35.5. The average molecular weight is 312 g/mol. The SMILES string of the molecule is CC(C)NCc1cc(F)ccc1Oc1ccc(F)c(Cl)c1. The van der Waals surface area contributed by atoms with Crippen LogP contribution >= 0.6 is 11.6 Å². The van der Waals surface area contributed by atoms with Crippen LogP contribution < -0.4 is 10.1 Å². The summed E-state index contributed by atoms with van der Waals surface area (Å²) >= 11 is 5.72. The number of hydrogen-bond acceptors (Lipinski definition) is 2. The first kappa shape index (κ1) is 15.7. The topological polar surface area (TPSA) is 21.3 Å². The maximum atomic E-state index is 13.4. The molecule has 0 aliphatic carbocycles. The molecule has 2 rings (SSSR count). The molecule has 5 heteroatoms. The van der Waals surface area contributed by atoms with Crippen molar-refractivity contribution in [1.29, 1.82) is 0 Å². The zero-order valence-electron chi connectivity index (χ0n) is 11.8. The van der Waals surface area contributed by atoms with Crippen molar-refractivity contribution >= 4 is 11.6 Å². The third-order valence-electron chi connectivity index (χ3n) is 2.84. The van der Waals surface area contributed by atoms with Gasteiger partial charge in [-0.1, -0.05) is 25.4 Å². The van der Waals surface area contributed by atoms with Gasteiger partial charge in [0.25, 0.3) is 0 Å². The molecule has 0 radical (unpaired) electrons. The van der Waals surface area contributed by atoms with Crippen molar-refractivity contribution in [2.45, 2.75) is 26.4 Å². The van der Waals surface area contributed by atoms with E-state index in [1.807, 2.05) is 13.8 Å². The Labute approximate surface area is 127 Å². The lowest BCUT2D eigenvalue weighted by atomic mass is 10.2. The van der Waals surface area contributed by atoms with E-state index >= 15 is 0 Å². The van der Waals surface area contributed by atoms with Crippen LogP contribution in [0.25, 0.3) is 0 Å². The van der Waals surface area contributed by atoms with E-state index in [9.17, 15) is 8.78 Å². The predicted octanol–water partition coefficient (Wildman–Crippen LogP) is 4.91. The van der Waals surface area contributed by atoms with Gasteiger partial charge in [0.2, 0.25) is 0 Å². The van der Waals surface area contributed by atoms with Crippen molar-refractivity contribution in [3.05, 3.63) is 58.6 Å². The molecule has 0 amide bonds. The zero-order chi connectivity index (χ0) is 15.4. The standard InChI is InChI=1S/C16H16ClF2NO/c1-10(2)20-9-11-7-12(18)3-6-16(11)21-13-4-5-15(19)14(17)8-13/h3-8,10,20H,9H2,1-2H3. The molecule has 0 atom stereocenters. The molecule has 2 nitrogen and oxygen atoms in total. The van der Waals surface area contributed by atoms with Gasteiger partial charge >= 0.3 is 0 Å². The molecule has 0 bridgehead atoms. The van der Waals surface area contributed by atoms with Crippen molar-refractivity contribution in [3.63, 3.8) is 0 Å². The van der Waals surface area contributed by atoms with Crippen LogP contribution in [0, 0.1) is 11.6 Å². The minimum Gasteiger partial charge on any atom is -0.457 e. The van der Waals surface area contributed by atoms with Crippen LogP contribution in [0.15, 0.2) is 36.4 Å². The molecule has 0 spiro atoms. The lowest BCUT2D eigenvalue weighted by Gasteiger charge is -2.14. The Morgan fingerprint density at radius 3 is 2.57 bits per heavy atom. The van der Waals surface area contributed by atoms with Gasteiger partial charge in [0.15, 0.2) is 0 Å². The summed E-state index contributed by atoms with van der Waals surface area (Å²) in [7, 11) is 0.